The van der Waals surface area contributed by atoms with Crippen LogP contribution in [-0.2, 0) is 23.8 Å². The van der Waals surface area contributed by atoms with Crippen LogP contribution in [0.4, 0.5) is 13.2 Å². The fourth-order valence-corrected chi connectivity index (χ4v) is 5.92. The summed E-state index contributed by atoms with van der Waals surface area (Å²) in [6.45, 7) is 1.32. The van der Waals surface area contributed by atoms with Crippen LogP contribution in [0.25, 0.3) is 0 Å². The lowest BCUT2D eigenvalue weighted by atomic mass is 9.80. The zero-order valence-electron chi connectivity index (χ0n) is 22.4. The van der Waals surface area contributed by atoms with Gasteiger partial charge in [0, 0.05) is 24.9 Å². The number of amides is 1. The van der Waals surface area contributed by atoms with Gasteiger partial charge in [0.05, 0.1) is 23.3 Å². The molecular weight excluding hydrogens is 549 g/mol. The van der Waals surface area contributed by atoms with Crippen LogP contribution < -0.4 is 0 Å². The van der Waals surface area contributed by atoms with Crippen LogP contribution in [0.2, 0.25) is 0 Å². The maximum absolute atomic E-state index is 12.7. The van der Waals surface area contributed by atoms with Crippen molar-refractivity contribution in [3.63, 3.8) is 0 Å². The number of halogens is 3. The molecule has 1 amide bonds. The Bertz CT molecular complexity index is 1330. The lowest BCUT2D eigenvalue weighted by molar-refractivity contribution is -0.182. The topological polar surface area (TPSA) is 106 Å². The molecule has 1 unspecified atom stereocenters. The molecule has 3 atom stereocenters. The lowest BCUT2D eigenvalue weighted by Gasteiger charge is -2.34. The third kappa shape index (κ3) is 7.41. The summed E-state index contributed by atoms with van der Waals surface area (Å²) in [6.07, 6.45) is 2.94. The van der Waals surface area contributed by atoms with Crippen LogP contribution in [0, 0.1) is 12.8 Å². The minimum Gasteiger partial charge on any atom is -0.495 e. The zero-order valence-corrected chi connectivity index (χ0v) is 23.2. The average Bonchev–Trinajstić information content (AvgIpc) is 2.93. The molecule has 12 heteroatoms. The van der Waals surface area contributed by atoms with E-state index in [1.54, 1.807) is 24.3 Å². The molecule has 0 fully saturated rings. The van der Waals surface area contributed by atoms with Crippen LogP contribution in [-0.4, -0.2) is 68.6 Å². The summed E-state index contributed by atoms with van der Waals surface area (Å²) in [6, 6.07) is 6.30. The Morgan fingerprint density at radius 2 is 1.88 bits per heavy atom. The number of aliphatic imine (C=N–C) groups is 1. The summed E-state index contributed by atoms with van der Waals surface area (Å²) in [7, 11) is -2.84. The van der Waals surface area contributed by atoms with Gasteiger partial charge in [-0.05, 0) is 74.8 Å². The molecule has 4 rings (SSSR count). The van der Waals surface area contributed by atoms with E-state index in [0.717, 1.165) is 42.5 Å². The highest BCUT2D eigenvalue weighted by molar-refractivity contribution is 7.86. The summed E-state index contributed by atoms with van der Waals surface area (Å²) in [5.74, 6) is -0.903. The minimum atomic E-state index is -4.91. The predicted molar refractivity (Wildman–Crippen MR) is 142 cm³/mol. The molecule has 1 heterocycles. The number of ether oxygens (including phenoxy) is 1. The summed E-state index contributed by atoms with van der Waals surface area (Å²) >= 11 is 0. The molecule has 0 aromatic heterocycles. The molecule has 0 saturated heterocycles. The first-order valence-electron chi connectivity index (χ1n) is 13.1. The normalized spacial score (nSPS) is 22.2. The van der Waals surface area contributed by atoms with Gasteiger partial charge in [-0.25, -0.2) is 0 Å². The largest absolute Gasteiger partial charge is 0.495 e. The van der Waals surface area contributed by atoms with Crippen LogP contribution in [0.5, 0.6) is 0 Å². The second kappa shape index (κ2) is 12.3. The van der Waals surface area contributed by atoms with E-state index in [1.165, 1.54) is 12.1 Å². The molecular formula is C28H33F3N2O6S. The molecule has 0 bridgehead atoms. The molecule has 2 aliphatic carbocycles. The van der Waals surface area contributed by atoms with E-state index in [9.17, 15) is 31.5 Å². The second-order valence-corrected chi connectivity index (χ2v) is 11.9. The zero-order chi connectivity index (χ0) is 29.1. The van der Waals surface area contributed by atoms with Gasteiger partial charge in [0.2, 0.25) is 0 Å². The van der Waals surface area contributed by atoms with Crippen molar-refractivity contribution < 1.29 is 40.4 Å². The Morgan fingerprint density at radius 3 is 2.52 bits per heavy atom. The van der Waals surface area contributed by atoms with E-state index in [4.69, 9.17) is 13.9 Å². The first-order valence-corrected chi connectivity index (χ1v) is 14.5. The van der Waals surface area contributed by atoms with E-state index in [0.29, 0.717) is 36.3 Å². The molecule has 3 aliphatic rings. The van der Waals surface area contributed by atoms with Gasteiger partial charge in [0.1, 0.15) is 12.7 Å². The van der Waals surface area contributed by atoms with Crippen LogP contribution in [0.3, 0.4) is 0 Å². The number of aliphatic hydroxyl groups is 1. The van der Waals surface area contributed by atoms with Gasteiger partial charge in [-0.1, -0.05) is 23.8 Å². The van der Waals surface area contributed by atoms with Crippen LogP contribution >= 0.6 is 0 Å². The van der Waals surface area contributed by atoms with E-state index in [-0.39, 0.29) is 23.5 Å². The Morgan fingerprint density at radius 1 is 1.15 bits per heavy atom. The van der Waals surface area contributed by atoms with Crippen molar-refractivity contribution in [2.24, 2.45) is 10.9 Å². The predicted octanol–water partition coefficient (Wildman–Crippen LogP) is 4.60. The molecule has 218 valence electrons. The number of fused-ring (bicyclic) bond motifs is 1. The standard InChI is InChI=1S/C28H33F3N2O6S/c1-18-3-11-24(12-4-18)40(36,37)39-17-22(34)16-38-23-10-14-26-20(15-23)7-13-25(32-26)19-5-8-21(9-6-19)33(2)27(35)28(29,30)31/h3-5,8,10-12,20,22,26,34H,6-7,9,13-17H2,1-2H3/t20-,22?,26+/m1/s1. The summed E-state index contributed by atoms with van der Waals surface area (Å²) in [5, 5.41) is 10.2. The summed E-state index contributed by atoms with van der Waals surface area (Å²) in [5.41, 5.74) is 3.16. The smallest absolute Gasteiger partial charge is 0.471 e. The molecule has 1 aliphatic heterocycles. The fourth-order valence-electron chi connectivity index (χ4n) is 4.98. The van der Waals surface area contributed by atoms with E-state index >= 15 is 0 Å². The van der Waals surface area contributed by atoms with Crippen molar-refractivity contribution in [3.8, 4) is 0 Å². The molecule has 1 aromatic rings. The van der Waals surface area contributed by atoms with Crippen molar-refractivity contribution in [1.82, 2.24) is 4.90 Å². The number of hydrogen-bond donors (Lipinski definition) is 1. The van der Waals surface area contributed by atoms with Gasteiger partial charge in [-0.15, -0.1) is 0 Å². The Kier molecular flexibility index (Phi) is 9.21. The number of aryl methyl sites for hydroxylation is 1. The van der Waals surface area contributed by atoms with Crippen molar-refractivity contribution in [1.29, 1.82) is 0 Å². The van der Waals surface area contributed by atoms with Crippen LogP contribution in [0.1, 0.15) is 44.1 Å². The van der Waals surface area contributed by atoms with Gasteiger partial charge in [-0.3, -0.25) is 14.0 Å². The molecule has 1 N–H and O–H groups in total. The minimum absolute atomic E-state index is 0.0221. The summed E-state index contributed by atoms with van der Waals surface area (Å²) < 4.78 is 73.5. The van der Waals surface area contributed by atoms with Crippen molar-refractivity contribution in [2.75, 3.05) is 20.3 Å². The Hall–Kier alpha value is -2.96. The first kappa shape index (κ1) is 30.0. The van der Waals surface area contributed by atoms with E-state index in [2.05, 4.69) is 0 Å². The fraction of sp³-hybridized carbons (Fsp3) is 0.500. The number of carbonyl (C=O) groups is 1. The Labute approximate surface area is 232 Å². The molecule has 8 nitrogen and oxygen atoms in total. The third-order valence-corrected chi connectivity index (χ3v) is 8.63. The second-order valence-electron chi connectivity index (χ2n) is 10.3. The number of allylic oxidation sites excluding steroid dienone is 5. The highest BCUT2D eigenvalue weighted by atomic mass is 32.2. The SMILES string of the molecule is Cc1ccc(S(=O)(=O)OCC(O)COC2=CC[C@@H]3N=C(C4=CC=C(N(C)C(=O)C(F)(F)F)CC4)CC[C@@H]3C2)cc1. The van der Waals surface area contributed by atoms with Gasteiger partial charge >= 0.3 is 12.1 Å². The third-order valence-electron chi connectivity index (χ3n) is 7.33. The lowest BCUT2D eigenvalue weighted by Crippen LogP contribution is -2.38. The molecule has 0 spiro atoms. The highest BCUT2D eigenvalue weighted by Crippen LogP contribution is 2.36. The van der Waals surface area contributed by atoms with Gasteiger partial charge in [0.25, 0.3) is 10.1 Å². The molecule has 40 heavy (non-hydrogen) atoms. The van der Waals surface area contributed by atoms with Gasteiger partial charge < -0.3 is 14.7 Å². The maximum Gasteiger partial charge on any atom is 0.471 e. The highest BCUT2D eigenvalue weighted by Gasteiger charge is 2.42. The molecule has 0 radical (unpaired) electrons. The quantitative estimate of drug-likeness (QED) is 0.427. The first-order chi connectivity index (χ1) is 18.8. The number of hydrogen-bond acceptors (Lipinski definition) is 7. The van der Waals surface area contributed by atoms with Gasteiger partial charge in [0.15, 0.2) is 0 Å². The average molecular weight is 583 g/mol. The maximum atomic E-state index is 12.7. The van der Waals surface area contributed by atoms with Crippen molar-refractivity contribution in [2.45, 2.75) is 68.7 Å². The summed E-state index contributed by atoms with van der Waals surface area (Å²) in [4.78, 5) is 17.1. The number of rotatable bonds is 9. The van der Waals surface area contributed by atoms with Crippen LogP contribution in [0.15, 0.2) is 69.4 Å². The Balaban J connectivity index is 1.27. The number of benzene rings is 1. The molecule has 1 aromatic carbocycles. The van der Waals surface area contributed by atoms with Gasteiger partial charge in [-0.2, -0.15) is 21.6 Å². The van der Waals surface area contributed by atoms with Crippen molar-refractivity contribution in [3.05, 3.63) is 65.1 Å². The van der Waals surface area contributed by atoms with Crippen molar-refractivity contribution >= 4 is 21.7 Å². The number of alkyl halides is 3. The van der Waals surface area contributed by atoms with E-state index < -0.39 is 34.9 Å². The number of aliphatic hydroxyl groups excluding tert-OH is 1. The number of carbonyl (C=O) groups excluding carboxylic acids is 1. The molecule has 0 saturated carbocycles. The monoisotopic (exact) mass is 582 g/mol. The number of nitrogens with zero attached hydrogens (tertiary/aromatic N) is 2. The van der Waals surface area contributed by atoms with E-state index in [1.807, 2.05) is 13.0 Å².